The van der Waals surface area contributed by atoms with Crippen molar-refractivity contribution in [2.45, 2.75) is 30.6 Å². The lowest BCUT2D eigenvalue weighted by Crippen LogP contribution is -2.39. The van der Waals surface area contributed by atoms with Gasteiger partial charge in [-0.3, -0.25) is 0 Å². The summed E-state index contributed by atoms with van der Waals surface area (Å²) in [5, 5.41) is 4.69. The van der Waals surface area contributed by atoms with E-state index in [4.69, 9.17) is 16.1 Å². The molecule has 1 saturated heterocycles. The summed E-state index contributed by atoms with van der Waals surface area (Å²) in [6.07, 6.45) is 1.55. The highest BCUT2D eigenvalue weighted by Gasteiger charge is 2.33. The molecule has 3 aromatic rings. The lowest BCUT2D eigenvalue weighted by molar-refractivity contribution is 0.265. The molecule has 0 amide bonds. The van der Waals surface area contributed by atoms with Crippen LogP contribution in [0.25, 0.3) is 11.4 Å². The highest BCUT2D eigenvalue weighted by molar-refractivity contribution is 7.89. The third kappa shape index (κ3) is 3.83. The Morgan fingerprint density at radius 3 is 2.54 bits per heavy atom. The summed E-state index contributed by atoms with van der Waals surface area (Å²) in [5.41, 5.74) is 1.83. The molecule has 4 rings (SSSR count). The Labute approximate surface area is 169 Å². The maximum absolute atomic E-state index is 13.0. The first kappa shape index (κ1) is 19.1. The predicted octanol–water partition coefficient (Wildman–Crippen LogP) is 4.27. The summed E-state index contributed by atoms with van der Waals surface area (Å²) < 4.78 is 32.9. The molecule has 0 radical (unpaired) electrons. The fourth-order valence-electron chi connectivity index (χ4n) is 3.34. The van der Waals surface area contributed by atoms with E-state index < -0.39 is 10.0 Å². The standard InChI is InChI=1S/C20H20ClN3O3S/c1-14-4-10-18(11-5-14)28(25,26)24-12-2-3-16(13-24)20-22-19(23-27-20)15-6-8-17(21)9-7-15/h4-11,16H,2-3,12-13H2,1H3. The van der Waals surface area contributed by atoms with Crippen LogP contribution in [0.1, 0.15) is 30.2 Å². The Hall–Kier alpha value is -2.22. The molecule has 1 fully saturated rings. The number of rotatable bonds is 4. The fraction of sp³-hybridized carbons (Fsp3) is 0.300. The number of hydrogen-bond acceptors (Lipinski definition) is 5. The number of halogens is 1. The monoisotopic (exact) mass is 417 g/mol. The Morgan fingerprint density at radius 1 is 1.11 bits per heavy atom. The van der Waals surface area contributed by atoms with Gasteiger partial charge < -0.3 is 4.52 Å². The van der Waals surface area contributed by atoms with Gasteiger partial charge >= 0.3 is 0 Å². The largest absolute Gasteiger partial charge is 0.339 e. The minimum Gasteiger partial charge on any atom is -0.339 e. The summed E-state index contributed by atoms with van der Waals surface area (Å²) in [5.74, 6) is 0.821. The molecule has 1 atom stereocenters. The highest BCUT2D eigenvalue weighted by Crippen LogP contribution is 2.31. The molecule has 1 aliphatic rings. The number of aryl methyl sites for hydroxylation is 1. The van der Waals surface area contributed by atoms with Gasteiger partial charge in [0.25, 0.3) is 0 Å². The van der Waals surface area contributed by atoms with Gasteiger partial charge in [-0.1, -0.05) is 34.5 Å². The van der Waals surface area contributed by atoms with E-state index in [0.29, 0.717) is 34.7 Å². The molecule has 8 heteroatoms. The Morgan fingerprint density at radius 2 is 1.82 bits per heavy atom. The van der Waals surface area contributed by atoms with Crippen molar-refractivity contribution in [1.82, 2.24) is 14.4 Å². The van der Waals surface area contributed by atoms with Crippen LogP contribution in [0, 0.1) is 6.92 Å². The molecular formula is C20H20ClN3O3S. The van der Waals surface area contributed by atoms with Gasteiger partial charge in [0.15, 0.2) is 0 Å². The van der Waals surface area contributed by atoms with Crippen LogP contribution in [-0.2, 0) is 10.0 Å². The average molecular weight is 418 g/mol. The zero-order chi connectivity index (χ0) is 19.7. The molecule has 146 valence electrons. The molecule has 1 unspecified atom stereocenters. The van der Waals surface area contributed by atoms with Gasteiger partial charge in [-0.2, -0.15) is 9.29 Å². The molecule has 0 N–H and O–H groups in total. The zero-order valence-corrected chi connectivity index (χ0v) is 16.9. The van der Waals surface area contributed by atoms with Crippen LogP contribution in [0.4, 0.5) is 0 Å². The van der Waals surface area contributed by atoms with Crippen LogP contribution in [0.3, 0.4) is 0 Å². The summed E-state index contributed by atoms with van der Waals surface area (Å²) in [6, 6.07) is 14.1. The van der Waals surface area contributed by atoms with E-state index in [9.17, 15) is 8.42 Å². The first-order chi connectivity index (χ1) is 13.4. The summed E-state index contributed by atoms with van der Waals surface area (Å²) in [6.45, 7) is 2.75. The van der Waals surface area contributed by atoms with Gasteiger partial charge in [-0.15, -0.1) is 0 Å². The van der Waals surface area contributed by atoms with Crippen LogP contribution in [0.5, 0.6) is 0 Å². The molecular weight excluding hydrogens is 398 g/mol. The van der Waals surface area contributed by atoms with E-state index in [-0.39, 0.29) is 5.92 Å². The zero-order valence-electron chi connectivity index (χ0n) is 15.4. The van der Waals surface area contributed by atoms with E-state index in [1.54, 1.807) is 24.3 Å². The number of hydrogen-bond donors (Lipinski definition) is 0. The average Bonchev–Trinajstić information content (AvgIpc) is 3.19. The molecule has 2 heterocycles. The number of benzene rings is 2. The normalized spacial score (nSPS) is 18.3. The topological polar surface area (TPSA) is 76.3 Å². The molecule has 0 saturated carbocycles. The van der Waals surface area contributed by atoms with Crippen molar-refractivity contribution < 1.29 is 12.9 Å². The number of aromatic nitrogens is 2. The van der Waals surface area contributed by atoms with Crippen LogP contribution >= 0.6 is 11.6 Å². The molecule has 1 aliphatic heterocycles. The number of piperidine rings is 1. The second-order valence-electron chi connectivity index (χ2n) is 6.98. The molecule has 0 spiro atoms. The predicted molar refractivity (Wildman–Crippen MR) is 107 cm³/mol. The molecule has 2 aromatic carbocycles. The van der Waals surface area contributed by atoms with Gasteiger partial charge in [0.2, 0.25) is 21.7 Å². The van der Waals surface area contributed by atoms with E-state index >= 15 is 0 Å². The lowest BCUT2D eigenvalue weighted by atomic mass is 10.00. The Bertz CT molecular complexity index is 1060. The smallest absolute Gasteiger partial charge is 0.243 e. The van der Waals surface area contributed by atoms with Crippen LogP contribution < -0.4 is 0 Å². The van der Waals surface area contributed by atoms with E-state index in [2.05, 4.69) is 10.1 Å². The number of sulfonamides is 1. The van der Waals surface area contributed by atoms with Crippen molar-refractivity contribution in [1.29, 1.82) is 0 Å². The van der Waals surface area contributed by atoms with Crippen LogP contribution in [-0.4, -0.2) is 36.0 Å². The SMILES string of the molecule is Cc1ccc(S(=O)(=O)N2CCCC(c3nc(-c4ccc(Cl)cc4)no3)C2)cc1. The number of nitrogens with zero attached hydrogens (tertiary/aromatic N) is 3. The second kappa shape index (κ2) is 7.66. The molecule has 0 aliphatic carbocycles. The lowest BCUT2D eigenvalue weighted by Gasteiger charge is -2.30. The van der Waals surface area contributed by atoms with Gasteiger partial charge in [-0.05, 0) is 56.2 Å². The van der Waals surface area contributed by atoms with E-state index in [1.165, 1.54) is 4.31 Å². The second-order valence-corrected chi connectivity index (χ2v) is 9.35. The first-order valence-corrected chi connectivity index (χ1v) is 10.9. The minimum atomic E-state index is -3.54. The quantitative estimate of drug-likeness (QED) is 0.633. The molecule has 6 nitrogen and oxygen atoms in total. The van der Waals surface area contributed by atoms with Crippen molar-refractivity contribution in [3.05, 3.63) is 65.0 Å². The maximum atomic E-state index is 13.0. The first-order valence-electron chi connectivity index (χ1n) is 9.10. The minimum absolute atomic E-state index is 0.123. The van der Waals surface area contributed by atoms with Gasteiger partial charge in [0, 0.05) is 23.7 Å². The van der Waals surface area contributed by atoms with Crippen molar-refractivity contribution in [2.75, 3.05) is 13.1 Å². The molecule has 0 bridgehead atoms. The summed E-state index contributed by atoms with van der Waals surface area (Å²) >= 11 is 5.92. The van der Waals surface area contributed by atoms with Gasteiger partial charge in [0.05, 0.1) is 10.8 Å². The maximum Gasteiger partial charge on any atom is 0.243 e. The Kier molecular flexibility index (Phi) is 5.23. The molecule has 1 aromatic heterocycles. The van der Waals surface area contributed by atoms with Gasteiger partial charge in [0.1, 0.15) is 0 Å². The van der Waals surface area contributed by atoms with E-state index in [1.807, 2.05) is 31.2 Å². The Balaban J connectivity index is 1.54. The van der Waals surface area contributed by atoms with Crippen molar-refractivity contribution in [3.8, 4) is 11.4 Å². The van der Waals surface area contributed by atoms with Crippen LogP contribution in [0.15, 0.2) is 57.9 Å². The highest BCUT2D eigenvalue weighted by atomic mass is 35.5. The van der Waals surface area contributed by atoms with Crippen LogP contribution in [0.2, 0.25) is 5.02 Å². The van der Waals surface area contributed by atoms with Crippen molar-refractivity contribution in [3.63, 3.8) is 0 Å². The molecule has 28 heavy (non-hydrogen) atoms. The van der Waals surface area contributed by atoms with Crippen molar-refractivity contribution >= 4 is 21.6 Å². The van der Waals surface area contributed by atoms with Gasteiger partial charge in [-0.25, -0.2) is 8.42 Å². The third-order valence-corrected chi connectivity index (χ3v) is 7.07. The van der Waals surface area contributed by atoms with Crippen molar-refractivity contribution in [2.24, 2.45) is 0 Å². The van der Waals surface area contributed by atoms with E-state index in [0.717, 1.165) is 24.0 Å². The fourth-order valence-corrected chi connectivity index (χ4v) is 4.99. The summed E-state index contributed by atoms with van der Waals surface area (Å²) in [4.78, 5) is 4.80. The third-order valence-electron chi connectivity index (χ3n) is 4.94. The summed E-state index contributed by atoms with van der Waals surface area (Å²) in [7, 11) is -3.54.